The first kappa shape index (κ1) is 42.4. The fourth-order valence-electron chi connectivity index (χ4n) is 5.76. The van der Waals surface area contributed by atoms with E-state index < -0.39 is 11.9 Å². The summed E-state index contributed by atoms with van der Waals surface area (Å²) in [5.74, 6) is 2.26. The van der Waals surface area contributed by atoms with Crippen molar-refractivity contribution in [3.8, 4) is 68.9 Å². The van der Waals surface area contributed by atoms with Crippen molar-refractivity contribution in [3.63, 3.8) is 0 Å². The third-order valence-electron chi connectivity index (χ3n) is 8.66. The molecule has 6 heterocycles. The highest BCUT2D eigenvalue weighted by molar-refractivity contribution is 5.94. The first-order valence-electron chi connectivity index (χ1n) is 17.8. The van der Waals surface area contributed by atoms with Gasteiger partial charge in [-0.2, -0.15) is 0 Å². The lowest BCUT2D eigenvalue weighted by molar-refractivity contribution is 0.0600. The Balaban J connectivity index is 0.000000217. The number of ether oxygens (including phenoxy) is 1. The Morgan fingerprint density at radius 2 is 1.07 bits per heavy atom. The zero-order valence-electron chi connectivity index (χ0n) is 32.8. The average molecular weight is 799 g/mol. The summed E-state index contributed by atoms with van der Waals surface area (Å²) in [6, 6.07) is 25.4. The van der Waals surface area contributed by atoms with E-state index in [2.05, 4.69) is 68.0 Å². The normalized spacial score (nSPS) is 10.7. The summed E-state index contributed by atoms with van der Waals surface area (Å²) in [6.07, 6.45) is 6.58. The third kappa shape index (κ3) is 9.30. The second-order valence-electron chi connectivity index (χ2n) is 13.2. The summed E-state index contributed by atoms with van der Waals surface area (Å²) in [6.45, 7) is 8.22. The van der Waals surface area contributed by atoms with Gasteiger partial charge in [0.05, 0.1) is 25.1 Å². The van der Waals surface area contributed by atoms with Gasteiger partial charge in [-0.15, -0.1) is 20.4 Å². The predicted molar refractivity (Wildman–Crippen MR) is 218 cm³/mol. The lowest BCUT2D eigenvalue weighted by Gasteiger charge is -2.09. The first-order chi connectivity index (χ1) is 27.6. The Hall–Kier alpha value is -7.70. The number of methoxy groups -OCH3 is 1. The minimum Gasteiger partial charge on any atom is -0.465 e. The summed E-state index contributed by atoms with van der Waals surface area (Å²) in [4.78, 5) is 41.1. The fraction of sp³-hybridized carbons (Fsp3) is 0.171. The zero-order valence-corrected chi connectivity index (χ0v) is 32.8. The summed E-state index contributed by atoms with van der Waals surface area (Å²) in [7, 11) is 1.35. The topological polar surface area (TPSA) is 275 Å². The average Bonchev–Trinajstić information content (AvgIpc) is 4.08. The first-order valence-corrected chi connectivity index (χ1v) is 17.8. The molecule has 0 aliphatic rings. The smallest absolute Gasteiger partial charge is 0.337 e. The Bertz CT molecular complexity index is 2680. The number of carbonyl (C=O) groups excluding carboxylic acids is 2. The molecule has 1 amide bonds. The molecule has 8 rings (SSSR count). The molecular formula is C41H42N12O6. The summed E-state index contributed by atoms with van der Waals surface area (Å²) < 4.78 is 20.4. The molecule has 0 fully saturated rings. The SMILES string of the molecule is CC(C)n1cnnc1-c1cccc(-c2ncc(-c3cccc(C(N)=O)c3)o2)n1.COC(=O)c1cccc(-c2cnc(-c3cccc(-c4nncn4C(C)C)n3)o2)c1.N.O. The van der Waals surface area contributed by atoms with E-state index in [4.69, 9.17) is 19.3 Å². The van der Waals surface area contributed by atoms with Crippen molar-refractivity contribution in [2.24, 2.45) is 5.73 Å². The van der Waals surface area contributed by atoms with Crippen LogP contribution in [0.3, 0.4) is 0 Å². The Kier molecular flexibility index (Phi) is 13.3. The van der Waals surface area contributed by atoms with Gasteiger partial charge in [-0.1, -0.05) is 36.4 Å². The highest BCUT2D eigenvalue weighted by Crippen LogP contribution is 2.29. The van der Waals surface area contributed by atoms with Crippen LogP contribution in [-0.2, 0) is 4.74 Å². The van der Waals surface area contributed by atoms with Gasteiger partial charge in [0.2, 0.25) is 17.7 Å². The number of aromatic nitrogens is 10. The molecule has 18 heteroatoms. The standard InChI is InChI=1S/C21H19N5O3.C20H18N6O2.H3N.H2O/c1-13(2)26-12-23-25-19(26)16-8-5-9-17(24-16)20-22-11-18(29-20)14-6-4-7-15(10-14)21(27)28-3;1-12(2)26-11-23-25-19(26)15-7-4-8-16(24-15)20-22-10-17(28-20)13-5-3-6-14(9-13)18(21)27;;/h4-13H,1-3H3;3-12H,1-2H3,(H2,21,27);1H3;1H2. The van der Waals surface area contributed by atoms with Crippen molar-refractivity contribution in [2.45, 2.75) is 39.8 Å². The van der Waals surface area contributed by atoms with Crippen LogP contribution in [-0.4, -0.2) is 73.9 Å². The number of pyridine rings is 2. The van der Waals surface area contributed by atoms with Crippen molar-refractivity contribution in [2.75, 3.05) is 7.11 Å². The van der Waals surface area contributed by atoms with Crippen molar-refractivity contribution in [1.82, 2.24) is 55.6 Å². The maximum Gasteiger partial charge on any atom is 0.337 e. The van der Waals surface area contributed by atoms with Gasteiger partial charge in [0.15, 0.2) is 23.2 Å². The largest absolute Gasteiger partial charge is 0.465 e. The number of amides is 1. The lowest BCUT2D eigenvalue weighted by atomic mass is 10.1. The molecule has 2 aromatic carbocycles. The number of rotatable bonds is 10. The second kappa shape index (κ2) is 18.5. The number of benzene rings is 2. The van der Waals surface area contributed by atoms with Crippen molar-refractivity contribution >= 4 is 11.9 Å². The highest BCUT2D eigenvalue weighted by Gasteiger charge is 2.17. The number of oxazole rings is 2. The Labute approximate surface area is 338 Å². The van der Waals surface area contributed by atoms with E-state index >= 15 is 0 Å². The van der Waals surface area contributed by atoms with Gasteiger partial charge in [0.1, 0.15) is 35.4 Å². The van der Waals surface area contributed by atoms with Crippen LogP contribution < -0.4 is 11.9 Å². The lowest BCUT2D eigenvalue weighted by Crippen LogP contribution is -2.10. The van der Waals surface area contributed by atoms with Gasteiger partial charge in [0, 0.05) is 28.8 Å². The van der Waals surface area contributed by atoms with Crippen molar-refractivity contribution in [3.05, 3.63) is 121 Å². The van der Waals surface area contributed by atoms with E-state index in [1.54, 1.807) is 61.4 Å². The van der Waals surface area contributed by atoms with Gasteiger partial charge in [-0.3, -0.25) is 4.79 Å². The second-order valence-corrected chi connectivity index (χ2v) is 13.2. The molecule has 7 N–H and O–H groups in total. The zero-order chi connectivity index (χ0) is 40.1. The number of hydrogen-bond acceptors (Lipinski definition) is 14. The van der Waals surface area contributed by atoms with E-state index in [9.17, 15) is 9.59 Å². The monoisotopic (exact) mass is 798 g/mol. The minimum absolute atomic E-state index is 0. The van der Waals surface area contributed by atoms with Gasteiger partial charge in [-0.25, -0.2) is 24.7 Å². The van der Waals surface area contributed by atoms with Gasteiger partial charge in [0.25, 0.3) is 0 Å². The van der Waals surface area contributed by atoms with E-state index in [1.165, 1.54) is 7.11 Å². The van der Waals surface area contributed by atoms with Crippen LogP contribution >= 0.6 is 0 Å². The van der Waals surface area contributed by atoms with Crippen LogP contribution in [0.1, 0.15) is 60.5 Å². The summed E-state index contributed by atoms with van der Waals surface area (Å²) in [5, 5.41) is 16.3. The molecule has 6 aromatic heterocycles. The molecule has 18 nitrogen and oxygen atoms in total. The molecule has 0 bridgehead atoms. The Morgan fingerprint density at radius 1 is 0.644 bits per heavy atom. The van der Waals surface area contributed by atoms with E-state index in [-0.39, 0.29) is 23.7 Å². The van der Waals surface area contributed by atoms with Gasteiger partial charge >= 0.3 is 5.97 Å². The maximum absolute atomic E-state index is 11.8. The molecule has 0 unspecified atom stereocenters. The van der Waals surface area contributed by atoms with E-state index in [0.29, 0.717) is 74.4 Å². The fourth-order valence-corrected chi connectivity index (χ4v) is 5.76. The number of primary amides is 1. The number of hydrogen-bond donors (Lipinski definition) is 2. The molecular weight excluding hydrogens is 757 g/mol. The quantitative estimate of drug-likeness (QED) is 0.136. The Morgan fingerprint density at radius 3 is 1.51 bits per heavy atom. The van der Waals surface area contributed by atoms with Crippen LogP contribution in [0.25, 0.3) is 68.9 Å². The van der Waals surface area contributed by atoms with E-state index in [0.717, 1.165) is 5.56 Å². The van der Waals surface area contributed by atoms with Crippen LogP contribution in [0.5, 0.6) is 0 Å². The summed E-state index contributed by atoms with van der Waals surface area (Å²) >= 11 is 0. The molecule has 0 saturated carbocycles. The molecule has 59 heavy (non-hydrogen) atoms. The number of esters is 1. The minimum atomic E-state index is -0.495. The number of carbonyl (C=O) groups is 2. The number of nitrogens with zero attached hydrogens (tertiary/aromatic N) is 10. The van der Waals surface area contributed by atoms with Crippen molar-refractivity contribution < 1.29 is 28.6 Å². The van der Waals surface area contributed by atoms with Crippen LogP contribution in [0.15, 0.2) is 119 Å². The number of nitrogens with two attached hydrogens (primary N) is 1. The molecule has 0 saturated heterocycles. The third-order valence-corrected chi connectivity index (χ3v) is 8.66. The summed E-state index contributed by atoms with van der Waals surface area (Å²) in [5.41, 5.74) is 10.1. The predicted octanol–water partition coefficient (Wildman–Crippen LogP) is 6.71. The molecule has 0 radical (unpaired) electrons. The molecule has 0 aliphatic carbocycles. The van der Waals surface area contributed by atoms with Crippen molar-refractivity contribution in [1.29, 1.82) is 0 Å². The molecule has 302 valence electrons. The van der Waals surface area contributed by atoms with E-state index in [1.807, 2.05) is 57.7 Å². The van der Waals surface area contributed by atoms with Crippen LogP contribution in [0.4, 0.5) is 0 Å². The van der Waals surface area contributed by atoms with Gasteiger partial charge < -0.3 is 40.1 Å². The maximum atomic E-state index is 11.8. The highest BCUT2D eigenvalue weighted by atomic mass is 16.5. The van der Waals surface area contributed by atoms with Crippen LogP contribution in [0.2, 0.25) is 0 Å². The molecule has 0 spiro atoms. The van der Waals surface area contributed by atoms with Gasteiger partial charge in [-0.05, 0) is 76.2 Å². The molecule has 8 aromatic rings. The van der Waals surface area contributed by atoms with Crippen LogP contribution in [0, 0.1) is 0 Å². The molecule has 0 atom stereocenters. The molecule has 0 aliphatic heterocycles.